The fourth-order valence-electron chi connectivity index (χ4n) is 4.43. The third kappa shape index (κ3) is 4.11. The number of halogens is 2. The first-order chi connectivity index (χ1) is 12.1. The van der Waals surface area contributed by atoms with Crippen molar-refractivity contribution >= 4 is 17.2 Å². The van der Waals surface area contributed by atoms with Crippen molar-refractivity contribution < 1.29 is 9.13 Å². The molecular weight excluding hydrogens is 335 g/mol. The molecule has 3 rings (SSSR count). The van der Waals surface area contributed by atoms with Gasteiger partial charge < -0.3 is 4.74 Å². The topological polar surface area (TPSA) is 9.23 Å². The van der Waals surface area contributed by atoms with Gasteiger partial charge in [-0.25, -0.2) is 4.39 Å². The maximum Gasteiger partial charge on any atom is 0.184 e. The molecule has 3 heteroatoms. The fourth-order valence-corrected chi connectivity index (χ4v) is 4.70. The first-order valence-electron chi connectivity index (χ1n) is 9.56. The molecule has 0 radical (unpaired) electrons. The molecule has 1 fully saturated rings. The van der Waals surface area contributed by atoms with Gasteiger partial charge in [0.1, 0.15) is 0 Å². The largest absolute Gasteiger partial charge is 0.491 e. The molecule has 1 aromatic rings. The minimum Gasteiger partial charge on any atom is -0.491 e. The number of ether oxygens (including phenoxy) is 1. The highest BCUT2D eigenvalue weighted by Gasteiger charge is 2.28. The Morgan fingerprint density at radius 3 is 2.56 bits per heavy atom. The number of hydrogen-bond donors (Lipinski definition) is 0. The van der Waals surface area contributed by atoms with Crippen molar-refractivity contribution in [2.24, 2.45) is 17.8 Å². The van der Waals surface area contributed by atoms with Gasteiger partial charge in [-0.05, 0) is 92.9 Å². The second-order valence-corrected chi connectivity index (χ2v) is 7.72. The third-order valence-electron chi connectivity index (χ3n) is 5.96. The van der Waals surface area contributed by atoms with Gasteiger partial charge >= 0.3 is 0 Å². The predicted octanol–water partition coefficient (Wildman–Crippen LogP) is 7.05. The van der Waals surface area contributed by atoms with Crippen LogP contribution in [0.5, 0.6) is 5.75 Å². The Morgan fingerprint density at radius 2 is 1.96 bits per heavy atom. The highest BCUT2D eigenvalue weighted by atomic mass is 35.5. The summed E-state index contributed by atoms with van der Waals surface area (Å²) in [7, 11) is 0. The van der Waals surface area contributed by atoms with Crippen LogP contribution < -0.4 is 4.74 Å². The van der Waals surface area contributed by atoms with Gasteiger partial charge in [0, 0.05) is 0 Å². The monoisotopic (exact) mass is 362 g/mol. The predicted molar refractivity (Wildman–Crippen MR) is 104 cm³/mol. The normalized spacial score (nSPS) is 26.8. The summed E-state index contributed by atoms with van der Waals surface area (Å²) in [6.07, 6.45) is 12.9. The van der Waals surface area contributed by atoms with Crippen LogP contribution in [-0.4, -0.2) is 6.61 Å². The molecule has 1 aromatic carbocycles. The van der Waals surface area contributed by atoms with Gasteiger partial charge in [-0.1, -0.05) is 23.8 Å². The molecule has 0 aromatic heterocycles. The van der Waals surface area contributed by atoms with Crippen LogP contribution in [0.4, 0.5) is 4.39 Å². The summed E-state index contributed by atoms with van der Waals surface area (Å²) in [5.41, 5.74) is 2.01. The molecule has 0 saturated heterocycles. The van der Waals surface area contributed by atoms with E-state index in [1.54, 1.807) is 6.07 Å². The average molecular weight is 363 g/mol. The summed E-state index contributed by atoms with van der Waals surface area (Å²) in [6.45, 7) is 6.21. The molecule has 0 amide bonds. The summed E-state index contributed by atoms with van der Waals surface area (Å²) in [5, 5.41) is 0.196. The zero-order valence-electron chi connectivity index (χ0n) is 15.1. The van der Waals surface area contributed by atoms with Crippen molar-refractivity contribution in [2.45, 2.75) is 51.9 Å². The Labute approximate surface area is 155 Å². The van der Waals surface area contributed by atoms with Crippen molar-refractivity contribution in [1.29, 1.82) is 0 Å². The summed E-state index contributed by atoms with van der Waals surface area (Å²) in [4.78, 5) is 0. The lowest BCUT2D eigenvalue weighted by Crippen LogP contribution is -2.22. The Kier molecular flexibility index (Phi) is 6.22. The summed E-state index contributed by atoms with van der Waals surface area (Å²) in [5.74, 6) is 2.12. The molecule has 1 atom stereocenters. The van der Waals surface area contributed by atoms with Gasteiger partial charge in [-0.2, -0.15) is 0 Å². The number of hydrogen-bond acceptors (Lipinski definition) is 1. The van der Waals surface area contributed by atoms with Crippen LogP contribution in [0, 0.1) is 23.6 Å². The molecule has 0 heterocycles. The van der Waals surface area contributed by atoms with E-state index in [4.69, 9.17) is 16.3 Å². The minimum atomic E-state index is -0.438. The smallest absolute Gasteiger partial charge is 0.184 e. The van der Waals surface area contributed by atoms with E-state index in [1.165, 1.54) is 37.7 Å². The zero-order valence-corrected chi connectivity index (χ0v) is 15.8. The summed E-state index contributed by atoms with van der Waals surface area (Å²) >= 11 is 6.28. The van der Waals surface area contributed by atoms with Gasteiger partial charge in [0.15, 0.2) is 11.6 Å². The van der Waals surface area contributed by atoms with Crippen LogP contribution in [-0.2, 0) is 0 Å². The van der Waals surface area contributed by atoms with Crippen LogP contribution in [0.2, 0.25) is 5.02 Å². The second-order valence-electron chi connectivity index (χ2n) is 7.35. The molecule has 1 nitrogen and oxygen atoms in total. The molecule has 1 saturated carbocycles. The number of rotatable bonds is 5. The number of allylic oxidation sites excluding steroid dienone is 3. The summed E-state index contributed by atoms with van der Waals surface area (Å²) < 4.78 is 19.6. The lowest BCUT2D eigenvalue weighted by molar-refractivity contribution is 0.212. The van der Waals surface area contributed by atoms with Gasteiger partial charge in [0.05, 0.1) is 11.6 Å². The van der Waals surface area contributed by atoms with Crippen LogP contribution in [0.25, 0.3) is 5.57 Å². The molecule has 25 heavy (non-hydrogen) atoms. The minimum absolute atomic E-state index is 0.196. The highest BCUT2D eigenvalue weighted by molar-refractivity contribution is 6.32. The lowest BCUT2D eigenvalue weighted by atomic mass is 9.71. The van der Waals surface area contributed by atoms with Crippen molar-refractivity contribution in [2.75, 3.05) is 6.61 Å². The maximum atomic E-state index is 14.3. The van der Waals surface area contributed by atoms with E-state index in [0.717, 1.165) is 36.2 Å². The van der Waals surface area contributed by atoms with Crippen molar-refractivity contribution in [3.63, 3.8) is 0 Å². The molecule has 0 aliphatic heterocycles. The van der Waals surface area contributed by atoms with Crippen molar-refractivity contribution in [3.8, 4) is 5.75 Å². The average Bonchev–Trinajstić information content (AvgIpc) is 2.66. The van der Waals surface area contributed by atoms with Gasteiger partial charge in [0.25, 0.3) is 0 Å². The van der Waals surface area contributed by atoms with E-state index in [9.17, 15) is 4.39 Å². The van der Waals surface area contributed by atoms with Crippen LogP contribution in [0.1, 0.15) is 57.4 Å². The van der Waals surface area contributed by atoms with E-state index in [1.807, 2.05) is 13.0 Å². The number of benzene rings is 1. The Balaban J connectivity index is 1.67. The van der Waals surface area contributed by atoms with Gasteiger partial charge in [0.2, 0.25) is 0 Å². The standard InChI is InChI=1S/C22H28ClFO/c1-3-15-5-7-16(8-6-15)17-9-11-18(12-10-17)19-13-14-20(25-4-2)22(24)21(19)23/h3,11,13-17H,1,4-10,12H2,2H3. The SMILES string of the molecule is C=CC1CCC(C2CC=C(c3ccc(OCC)c(F)c3Cl)CC2)CC1. The molecule has 0 spiro atoms. The summed E-state index contributed by atoms with van der Waals surface area (Å²) in [6, 6.07) is 3.60. The molecule has 2 aliphatic rings. The van der Waals surface area contributed by atoms with E-state index in [-0.39, 0.29) is 10.8 Å². The van der Waals surface area contributed by atoms with E-state index in [0.29, 0.717) is 6.61 Å². The molecule has 1 unspecified atom stereocenters. The molecule has 0 bridgehead atoms. The first-order valence-corrected chi connectivity index (χ1v) is 9.94. The zero-order chi connectivity index (χ0) is 17.8. The second kappa shape index (κ2) is 8.40. The van der Waals surface area contributed by atoms with Gasteiger partial charge in [-0.3, -0.25) is 0 Å². The van der Waals surface area contributed by atoms with E-state index < -0.39 is 5.82 Å². The van der Waals surface area contributed by atoms with Crippen LogP contribution in [0.15, 0.2) is 30.9 Å². The third-order valence-corrected chi connectivity index (χ3v) is 6.33. The Bertz CT molecular complexity index is 644. The first kappa shape index (κ1) is 18.5. The van der Waals surface area contributed by atoms with Crippen molar-refractivity contribution in [1.82, 2.24) is 0 Å². The van der Waals surface area contributed by atoms with Gasteiger partial charge in [-0.15, -0.1) is 6.58 Å². The molecule has 2 aliphatic carbocycles. The molecular formula is C22H28ClFO. The Morgan fingerprint density at radius 1 is 1.20 bits per heavy atom. The van der Waals surface area contributed by atoms with Crippen LogP contribution in [0.3, 0.4) is 0 Å². The van der Waals surface area contributed by atoms with Crippen LogP contribution >= 0.6 is 11.6 Å². The Hall–Kier alpha value is -1.28. The highest BCUT2D eigenvalue weighted by Crippen LogP contribution is 2.43. The molecule has 0 N–H and O–H groups in total. The maximum absolute atomic E-state index is 14.3. The van der Waals surface area contributed by atoms with E-state index >= 15 is 0 Å². The fraction of sp³-hybridized carbons (Fsp3) is 0.545. The lowest BCUT2D eigenvalue weighted by Gasteiger charge is -2.34. The van der Waals surface area contributed by atoms with E-state index in [2.05, 4.69) is 18.7 Å². The molecule has 136 valence electrons. The quantitative estimate of drug-likeness (QED) is 0.509. The van der Waals surface area contributed by atoms with Crippen molar-refractivity contribution in [3.05, 3.63) is 47.3 Å².